The minimum atomic E-state index is -1.17. The number of carboxylic acid groups (broad SMARTS) is 1. The van der Waals surface area contributed by atoms with E-state index in [0.717, 1.165) is 5.56 Å². The largest absolute Gasteiger partial charge is 0.508 e. The fourth-order valence-corrected chi connectivity index (χ4v) is 2.51. The van der Waals surface area contributed by atoms with Gasteiger partial charge in [-0.3, -0.25) is 14.4 Å². The summed E-state index contributed by atoms with van der Waals surface area (Å²) >= 11 is 0. The van der Waals surface area contributed by atoms with Gasteiger partial charge in [0.1, 0.15) is 11.8 Å². The Labute approximate surface area is 174 Å². The van der Waals surface area contributed by atoms with Crippen LogP contribution >= 0.6 is 0 Å². The molecule has 3 amide bonds. The molecule has 11 heteroatoms. The summed E-state index contributed by atoms with van der Waals surface area (Å²) in [5.74, 6) is -2.89. The normalized spacial score (nSPS) is 12.5. The summed E-state index contributed by atoms with van der Waals surface area (Å²) < 4.78 is 0. The van der Waals surface area contributed by atoms with Crippen molar-refractivity contribution in [3.63, 3.8) is 0 Å². The van der Waals surface area contributed by atoms with Crippen molar-refractivity contribution in [1.82, 2.24) is 16.0 Å². The highest BCUT2D eigenvalue weighted by atomic mass is 16.4. The molecule has 0 aliphatic rings. The molecule has 0 fully saturated rings. The molecule has 1 aromatic carbocycles. The minimum absolute atomic E-state index is 0.0997. The fourth-order valence-electron chi connectivity index (χ4n) is 2.51. The number of unbranched alkanes of at least 4 members (excludes halogenated alkanes) is 1. The monoisotopic (exact) mass is 423 g/mol. The van der Waals surface area contributed by atoms with E-state index in [1.807, 2.05) is 0 Å². The van der Waals surface area contributed by atoms with Crippen LogP contribution in [0, 0.1) is 0 Å². The molecule has 0 saturated heterocycles. The van der Waals surface area contributed by atoms with Crippen molar-refractivity contribution >= 4 is 23.7 Å². The summed E-state index contributed by atoms with van der Waals surface area (Å²) in [7, 11) is 0. The van der Waals surface area contributed by atoms with Crippen LogP contribution in [0.4, 0.5) is 0 Å². The van der Waals surface area contributed by atoms with Gasteiger partial charge in [-0.1, -0.05) is 12.1 Å². The van der Waals surface area contributed by atoms with Crippen LogP contribution < -0.4 is 27.4 Å². The summed E-state index contributed by atoms with van der Waals surface area (Å²) in [5.41, 5.74) is 11.9. The Kier molecular flexibility index (Phi) is 10.9. The van der Waals surface area contributed by atoms with E-state index >= 15 is 0 Å². The van der Waals surface area contributed by atoms with Crippen LogP contribution in [0.5, 0.6) is 5.75 Å². The lowest BCUT2D eigenvalue weighted by Gasteiger charge is -2.15. The maximum absolute atomic E-state index is 12.0. The van der Waals surface area contributed by atoms with Gasteiger partial charge in [-0.2, -0.15) is 0 Å². The number of benzene rings is 1. The molecule has 1 rings (SSSR count). The lowest BCUT2D eigenvalue weighted by Crippen LogP contribution is -2.48. The molecule has 0 bridgehead atoms. The molecule has 2 atom stereocenters. The van der Waals surface area contributed by atoms with Gasteiger partial charge < -0.3 is 37.6 Å². The number of hydrogen-bond acceptors (Lipinski definition) is 7. The SMILES string of the molecule is NCCCCC(NC(=O)CNC(=O)CNC(=O)C(N)Cc1ccc(O)cc1)C(=O)O. The Morgan fingerprint density at radius 3 is 2.20 bits per heavy atom. The minimum Gasteiger partial charge on any atom is -0.508 e. The fraction of sp³-hybridized carbons (Fsp3) is 0.474. The van der Waals surface area contributed by atoms with Crippen molar-refractivity contribution in [1.29, 1.82) is 0 Å². The third kappa shape index (κ3) is 9.85. The molecule has 9 N–H and O–H groups in total. The molecule has 11 nitrogen and oxygen atoms in total. The van der Waals surface area contributed by atoms with Crippen molar-refractivity contribution < 1.29 is 29.4 Å². The zero-order valence-corrected chi connectivity index (χ0v) is 16.6. The Morgan fingerprint density at radius 2 is 1.60 bits per heavy atom. The van der Waals surface area contributed by atoms with Gasteiger partial charge in [0.2, 0.25) is 17.7 Å². The molecule has 0 spiro atoms. The van der Waals surface area contributed by atoms with Crippen LogP contribution in [0.1, 0.15) is 24.8 Å². The Hall–Kier alpha value is -3.18. The van der Waals surface area contributed by atoms with Gasteiger partial charge >= 0.3 is 5.97 Å². The number of carbonyl (C=O) groups excluding carboxylic acids is 3. The van der Waals surface area contributed by atoms with Crippen LogP contribution in [0.25, 0.3) is 0 Å². The number of phenolic OH excluding ortho intramolecular Hbond substituents is 1. The van der Waals surface area contributed by atoms with Gasteiger partial charge in [-0.25, -0.2) is 4.79 Å². The topological polar surface area (TPSA) is 197 Å². The summed E-state index contributed by atoms with van der Waals surface area (Å²) in [6.45, 7) is -0.371. The first-order valence-corrected chi connectivity index (χ1v) is 9.53. The highest BCUT2D eigenvalue weighted by Gasteiger charge is 2.20. The van der Waals surface area contributed by atoms with Crippen LogP contribution in [-0.2, 0) is 25.6 Å². The standard InChI is InChI=1S/C19H29N5O6/c20-8-2-1-3-15(19(29)30)24-17(27)11-22-16(26)10-23-18(28)14(21)9-12-4-6-13(25)7-5-12/h4-7,14-15,25H,1-3,8-11,20-21H2,(H,22,26)(H,23,28)(H,24,27)(H,29,30). The molecule has 1 aromatic rings. The van der Waals surface area contributed by atoms with Crippen molar-refractivity contribution in [2.45, 2.75) is 37.8 Å². The molecule has 0 saturated carbocycles. The molecule has 0 aliphatic heterocycles. The van der Waals surface area contributed by atoms with Gasteiger partial charge in [-0.05, 0) is 49.9 Å². The summed E-state index contributed by atoms with van der Waals surface area (Å²) in [6.07, 6.45) is 1.65. The highest BCUT2D eigenvalue weighted by molar-refractivity contribution is 5.90. The Bertz CT molecular complexity index is 725. The molecule has 30 heavy (non-hydrogen) atoms. The van der Waals surface area contributed by atoms with Gasteiger partial charge in [0.05, 0.1) is 19.1 Å². The first kappa shape index (κ1) is 24.9. The van der Waals surface area contributed by atoms with Gasteiger partial charge in [0.15, 0.2) is 0 Å². The number of aliphatic carboxylic acids is 1. The Balaban J connectivity index is 2.32. The number of hydrogen-bond donors (Lipinski definition) is 7. The smallest absolute Gasteiger partial charge is 0.326 e. The predicted molar refractivity (Wildman–Crippen MR) is 108 cm³/mol. The van der Waals surface area contributed by atoms with E-state index < -0.39 is 42.3 Å². The molecule has 0 radical (unpaired) electrons. The predicted octanol–water partition coefficient (Wildman–Crippen LogP) is -1.81. The number of carboxylic acids is 1. The third-order valence-corrected chi connectivity index (χ3v) is 4.18. The first-order chi connectivity index (χ1) is 14.2. The van der Waals surface area contributed by atoms with E-state index in [2.05, 4.69) is 16.0 Å². The second-order valence-corrected chi connectivity index (χ2v) is 6.71. The number of amides is 3. The first-order valence-electron chi connectivity index (χ1n) is 9.53. The average Bonchev–Trinajstić information content (AvgIpc) is 2.71. The molecule has 0 heterocycles. The molecule has 0 aromatic heterocycles. The second kappa shape index (κ2) is 13.1. The summed E-state index contributed by atoms with van der Waals surface area (Å²) in [5, 5.41) is 25.3. The van der Waals surface area contributed by atoms with Crippen LogP contribution in [0.15, 0.2) is 24.3 Å². The van der Waals surface area contributed by atoms with Crippen LogP contribution in [0.2, 0.25) is 0 Å². The second-order valence-electron chi connectivity index (χ2n) is 6.71. The van der Waals surface area contributed by atoms with Crippen LogP contribution in [-0.4, -0.2) is 65.6 Å². The number of rotatable bonds is 13. The average molecular weight is 423 g/mol. The lowest BCUT2D eigenvalue weighted by atomic mass is 10.1. The molecule has 2 unspecified atom stereocenters. The zero-order valence-electron chi connectivity index (χ0n) is 16.6. The molecule has 166 valence electrons. The Morgan fingerprint density at radius 1 is 0.967 bits per heavy atom. The van der Waals surface area contributed by atoms with Gasteiger partial charge in [-0.15, -0.1) is 0 Å². The molecule has 0 aliphatic carbocycles. The van der Waals surface area contributed by atoms with E-state index in [1.165, 1.54) is 12.1 Å². The maximum Gasteiger partial charge on any atom is 0.326 e. The maximum atomic E-state index is 12.0. The van der Waals surface area contributed by atoms with E-state index in [0.29, 0.717) is 19.4 Å². The third-order valence-electron chi connectivity index (χ3n) is 4.18. The van der Waals surface area contributed by atoms with Gasteiger partial charge in [0.25, 0.3) is 0 Å². The van der Waals surface area contributed by atoms with E-state index in [9.17, 15) is 24.3 Å². The molecular weight excluding hydrogens is 394 g/mol. The van der Waals surface area contributed by atoms with Crippen molar-refractivity contribution in [2.24, 2.45) is 11.5 Å². The summed E-state index contributed by atoms with van der Waals surface area (Å²) in [4.78, 5) is 46.8. The van der Waals surface area contributed by atoms with Crippen molar-refractivity contribution in [3.8, 4) is 5.75 Å². The van der Waals surface area contributed by atoms with Crippen molar-refractivity contribution in [2.75, 3.05) is 19.6 Å². The lowest BCUT2D eigenvalue weighted by molar-refractivity contribution is -0.142. The van der Waals surface area contributed by atoms with E-state index in [-0.39, 0.29) is 25.1 Å². The van der Waals surface area contributed by atoms with Crippen molar-refractivity contribution in [3.05, 3.63) is 29.8 Å². The number of nitrogens with one attached hydrogen (secondary N) is 3. The number of carbonyl (C=O) groups is 4. The van der Waals surface area contributed by atoms with E-state index in [4.69, 9.17) is 16.6 Å². The highest BCUT2D eigenvalue weighted by Crippen LogP contribution is 2.10. The number of phenols is 1. The quantitative estimate of drug-likeness (QED) is 0.180. The molecular formula is C19H29N5O6. The van der Waals surface area contributed by atoms with E-state index in [1.54, 1.807) is 12.1 Å². The van der Waals surface area contributed by atoms with Crippen LogP contribution in [0.3, 0.4) is 0 Å². The zero-order chi connectivity index (χ0) is 22.5. The summed E-state index contributed by atoms with van der Waals surface area (Å²) in [6, 6.07) is 4.27. The number of aromatic hydroxyl groups is 1. The number of nitrogens with two attached hydrogens (primary N) is 2. The van der Waals surface area contributed by atoms with Gasteiger partial charge in [0, 0.05) is 0 Å².